The van der Waals surface area contributed by atoms with Gasteiger partial charge in [0.1, 0.15) is 5.82 Å². The molecule has 0 aliphatic heterocycles. The van der Waals surface area contributed by atoms with E-state index in [4.69, 9.17) is 5.73 Å². The van der Waals surface area contributed by atoms with Crippen molar-refractivity contribution in [2.75, 3.05) is 0 Å². The third kappa shape index (κ3) is 2.20. The van der Waals surface area contributed by atoms with Crippen LogP contribution in [-0.2, 0) is 5.41 Å². The maximum atomic E-state index is 5.83. The zero-order chi connectivity index (χ0) is 12.6. The number of nitrogens with zero attached hydrogens (tertiary/aromatic N) is 1. The number of nitrogens with one attached hydrogen (secondary N) is 1. The van der Waals surface area contributed by atoms with E-state index in [1.807, 2.05) is 6.92 Å². The number of fused-ring (bicyclic) bond motifs is 1. The van der Waals surface area contributed by atoms with E-state index in [1.54, 1.807) is 0 Å². The second-order valence-corrected chi connectivity index (χ2v) is 5.38. The van der Waals surface area contributed by atoms with Gasteiger partial charge in [0.2, 0.25) is 0 Å². The summed E-state index contributed by atoms with van der Waals surface area (Å²) in [5.41, 5.74) is 9.45. The number of nitrogens with two attached hydrogens (primary N) is 1. The van der Waals surface area contributed by atoms with E-state index in [9.17, 15) is 0 Å². The van der Waals surface area contributed by atoms with Crippen LogP contribution in [0.25, 0.3) is 11.0 Å². The molecule has 1 unspecified atom stereocenters. The predicted molar refractivity (Wildman–Crippen MR) is 72.0 cm³/mol. The number of hydrogen-bond donors (Lipinski definition) is 2. The van der Waals surface area contributed by atoms with Crippen LogP contribution in [-0.4, -0.2) is 9.97 Å². The first-order chi connectivity index (χ1) is 7.94. The van der Waals surface area contributed by atoms with Crippen molar-refractivity contribution in [1.29, 1.82) is 0 Å². The van der Waals surface area contributed by atoms with Crippen LogP contribution in [0.1, 0.15) is 51.5 Å². The molecule has 1 aromatic heterocycles. The van der Waals surface area contributed by atoms with Crippen LogP contribution in [0, 0.1) is 0 Å². The van der Waals surface area contributed by atoms with Crippen LogP contribution < -0.4 is 5.73 Å². The van der Waals surface area contributed by atoms with Crippen molar-refractivity contribution >= 4 is 11.0 Å². The van der Waals surface area contributed by atoms with Gasteiger partial charge in [-0.15, -0.1) is 0 Å². The van der Waals surface area contributed by atoms with E-state index in [-0.39, 0.29) is 11.5 Å². The molecule has 2 rings (SSSR count). The number of aromatic nitrogens is 2. The molecule has 0 aliphatic rings. The molecule has 3 nitrogen and oxygen atoms in total. The molecule has 0 spiro atoms. The second kappa shape index (κ2) is 4.15. The Morgan fingerprint density at radius 3 is 2.71 bits per heavy atom. The molecule has 0 saturated carbocycles. The molecular formula is C14H21N3. The first kappa shape index (κ1) is 12.1. The summed E-state index contributed by atoms with van der Waals surface area (Å²) in [7, 11) is 0. The third-order valence-corrected chi connectivity index (χ3v) is 3.60. The van der Waals surface area contributed by atoms with Crippen molar-refractivity contribution in [1.82, 2.24) is 9.97 Å². The summed E-state index contributed by atoms with van der Waals surface area (Å²) in [4.78, 5) is 7.78. The molecule has 0 amide bonds. The molecule has 0 saturated heterocycles. The summed E-state index contributed by atoms with van der Waals surface area (Å²) in [6, 6.07) is 6.38. The predicted octanol–water partition coefficient (Wildman–Crippen LogP) is 3.27. The fourth-order valence-corrected chi connectivity index (χ4v) is 1.87. The zero-order valence-corrected chi connectivity index (χ0v) is 11.0. The van der Waals surface area contributed by atoms with Crippen molar-refractivity contribution < 1.29 is 0 Å². The number of aromatic amines is 1. The summed E-state index contributed by atoms with van der Waals surface area (Å²) in [6.07, 6.45) is 1.12. The number of rotatable bonds is 3. The van der Waals surface area contributed by atoms with E-state index in [1.165, 1.54) is 5.56 Å². The van der Waals surface area contributed by atoms with Gasteiger partial charge in [0.05, 0.1) is 17.1 Å². The van der Waals surface area contributed by atoms with Crippen molar-refractivity contribution in [3.8, 4) is 0 Å². The molecule has 3 N–H and O–H groups in total. The number of benzene rings is 1. The van der Waals surface area contributed by atoms with Gasteiger partial charge < -0.3 is 10.7 Å². The van der Waals surface area contributed by atoms with Gasteiger partial charge in [-0.25, -0.2) is 4.98 Å². The topological polar surface area (TPSA) is 54.7 Å². The summed E-state index contributed by atoms with van der Waals surface area (Å²) in [5, 5.41) is 0. The molecule has 1 aromatic carbocycles. The third-order valence-electron chi connectivity index (χ3n) is 3.60. The van der Waals surface area contributed by atoms with E-state index in [0.29, 0.717) is 0 Å². The van der Waals surface area contributed by atoms with E-state index in [0.717, 1.165) is 23.3 Å². The van der Waals surface area contributed by atoms with Gasteiger partial charge >= 0.3 is 0 Å². The highest BCUT2D eigenvalue weighted by molar-refractivity contribution is 5.76. The molecule has 0 bridgehead atoms. The van der Waals surface area contributed by atoms with Crippen LogP contribution in [0.2, 0.25) is 0 Å². The van der Waals surface area contributed by atoms with E-state index >= 15 is 0 Å². The minimum atomic E-state index is -0.0509. The molecule has 0 radical (unpaired) electrons. The Balaban J connectivity index is 2.50. The highest BCUT2D eigenvalue weighted by Gasteiger charge is 2.18. The Kier molecular flexibility index (Phi) is 2.96. The van der Waals surface area contributed by atoms with Gasteiger partial charge in [0.15, 0.2) is 0 Å². The van der Waals surface area contributed by atoms with Crippen molar-refractivity contribution in [2.45, 2.75) is 45.6 Å². The number of imidazole rings is 1. The highest BCUT2D eigenvalue weighted by atomic mass is 15.0. The SMILES string of the molecule is CCC(C)(C)c1ccc2nc(C(C)N)[nH]c2c1. The molecule has 3 heteroatoms. The lowest BCUT2D eigenvalue weighted by atomic mass is 9.82. The average Bonchev–Trinajstić information content (AvgIpc) is 2.71. The van der Waals surface area contributed by atoms with Crippen molar-refractivity contribution in [3.05, 3.63) is 29.6 Å². The van der Waals surface area contributed by atoms with E-state index < -0.39 is 0 Å². The van der Waals surface area contributed by atoms with Crippen LogP contribution in [0.4, 0.5) is 0 Å². The number of H-pyrrole nitrogens is 1. The monoisotopic (exact) mass is 231 g/mol. The molecule has 1 atom stereocenters. The summed E-state index contributed by atoms with van der Waals surface area (Å²) in [5.74, 6) is 0.853. The molecule has 2 aromatic rings. The minimum absolute atomic E-state index is 0.0509. The van der Waals surface area contributed by atoms with Crippen molar-refractivity contribution in [3.63, 3.8) is 0 Å². The lowest BCUT2D eigenvalue weighted by Gasteiger charge is -2.23. The summed E-state index contributed by atoms with van der Waals surface area (Å²) in [6.45, 7) is 8.67. The van der Waals surface area contributed by atoms with E-state index in [2.05, 4.69) is 48.9 Å². The lowest BCUT2D eigenvalue weighted by molar-refractivity contribution is 0.507. The summed E-state index contributed by atoms with van der Waals surface area (Å²) >= 11 is 0. The Bertz CT molecular complexity index is 523. The molecule has 92 valence electrons. The number of hydrogen-bond acceptors (Lipinski definition) is 2. The van der Waals surface area contributed by atoms with Gasteiger partial charge in [-0.2, -0.15) is 0 Å². The van der Waals surface area contributed by atoms with Crippen LogP contribution in [0.3, 0.4) is 0 Å². The Labute approximate surface area is 102 Å². The van der Waals surface area contributed by atoms with Gasteiger partial charge in [0.25, 0.3) is 0 Å². The van der Waals surface area contributed by atoms with Crippen LogP contribution in [0.15, 0.2) is 18.2 Å². The highest BCUT2D eigenvalue weighted by Crippen LogP contribution is 2.29. The Morgan fingerprint density at radius 2 is 2.12 bits per heavy atom. The van der Waals surface area contributed by atoms with Crippen LogP contribution in [0.5, 0.6) is 0 Å². The maximum Gasteiger partial charge on any atom is 0.123 e. The minimum Gasteiger partial charge on any atom is -0.341 e. The summed E-state index contributed by atoms with van der Waals surface area (Å²) < 4.78 is 0. The quantitative estimate of drug-likeness (QED) is 0.851. The van der Waals surface area contributed by atoms with Gasteiger partial charge in [-0.05, 0) is 36.5 Å². The Morgan fingerprint density at radius 1 is 1.41 bits per heavy atom. The molecule has 1 heterocycles. The molecule has 17 heavy (non-hydrogen) atoms. The Hall–Kier alpha value is -1.35. The second-order valence-electron chi connectivity index (χ2n) is 5.38. The zero-order valence-electron chi connectivity index (χ0n) is 11.0. The van der Waals surface area contributed by atoms with Gasteiger partial charge in [0, 0.05) is 0 Å². The smallest absolute Gasteiger partial charge is 0.123 e. The molecule has 0 aliphatic carbocycles. The molecule has 0 fully saturated rings. The average molecular weight is 231 g/mol. The van der Waals surface area contributed by atoms with Gasteiger partial charge in [-0.1, -0.05) is 26.8 Å². The first-order valence-electron chi connectivity index (χ1n) is 6.20. The van der Waals surface area contributed by atoms with Crippen LogP contribution >= 0.6 is 0 Å². The van der Waals surface area contributed by atoms with Crippen molar-refractivity contribution in [2.24, 2.45) is 5.73 Å². The molecular weight excluding hydrogens is 210 g/mol. The normalized spacial score (nSPS) is 14.2. The maximum absolute atomic E-state index is 5.83. The van der Waals surface area contributed by atoms with Gasteiger partial charge in [-0.3, -0.25) is 0 Å². The largest absolute Gasteiger partial charge is 0.341 e. The first-order valence-corrected chi connectivity index (χ1v) is 6.20. The fourth-order valence-electron chi connectivity index (χ4n) is 1.87. The standard InChI is InChI=1S/C14H21N3/c1-5-14(3,4)10-6-7-11-12(8-10)17-13(16-11)9(2)15/h6-9H,5,15H2,1-4H3,(H,16,17). The lowest BCUT2D eigenvalue weighted by Crippen LogP contribution is -2.15. The fraction of sp³-hybridized carbons (Fsp3) is 0.500.